The Balaban J connectivity index is 1.81. The predicted molar refractivity (Wildman–Crippen MR) is 96.6 cm³/mol. The van der Waals surface area contributed by atoms with Crippen molar-refractivity contribution in [3.63, 3.8) is 0 Å². The average molecular weight is 333 g/mol. The first-order chi connectivity index (χ1) is 11.4. The summed E-state index contributed by atoms with van der Waals surface area (Å²) in [5.74, 6) is 0.155. The zero-order valence-electron chi connectivity index (χ0n) is 15.0. The minimum Gasteiger partial charge on any atom is -0.381 e. The Kier molecular flexibility index (Phi) is 6.78. The van der Waals surface area contributed by atoms with Gasteiger partial charge in [0.2, 0.25) is 5.91 Å². The Labute approximate surface area is 145 Å². The number of hydrogen-bond acceptors (Lipinski definition) is 4. The molecule has 0 aliphatic carbocycles. The van der Waals surface area contributed by atoms with Gasteiger partial charge in [-0.2, -0.15) is 0 Å². The molecule has 5 heteroatoms. The lowest BCUT2D eigenvalue weighted by Gasteiger charge is -2.32. The van der Waals surface area contributed by atoms with Crippen molar-refractivity contribution in [3.05, 3.63) is 35.9 Å². The molecule has 1 aromatic carbocycles. The molecule has 0 bridgehead atoms. The number of benzene rings is 1. The van der Waals surface area contributed by atoms with Crippen LogP contribution in [0.2, 0.25) is 0 Å². The van der Waals surface area contributed by atoms with E-state index in [0.717, 1.165) is 12.8 Å². The molecular weight excluding hydrogens is 302 g/mol. The number of nitrogens with two attached hydrogens (primary N) is 1. The third-order valence-electron chi connectivity index (χ3n) is 4.69. The van der Waals surface area contributed by atoms with Gasteiger partial charge in [-0.15, -0.1) is 0 Å². The Hall–Kier alpha value is -1.43. The molecule has 1 amide bonds. The standard InChI is InChI=1S/C19H31N3O2/c1-14(15-7-5-4-6-8-15)22-19(2,3)13-21-18(23)17(20)16-9-11-24-12-10-16/h4-8,14,16-17,22H,9-13,20H2,1-3H3,(H,21,23). The van der Waals surface area contributed by atoms with Crippen molar-refractivity contribution >= 4 is 5.91 Å². The van der Waals surface area contributed by atoms with Crippen LogP contribution in [0.15, 0.2) is 30.3 Å². The molecule has 0 spiro atoms. The van der Waals surface area contributed by atoms with E-state index in [-0.39, 0.29) is 23.4 Å². The van der Waals surface area contributed by atoms with Gasteiger partial charge in [0.05, 0.1) is 6.04 Å². The Morgan fingerprint density at radius 2 is 1.92 bits per heavy atom. The maximum Gasteiger partial charge on any atom is 0.237 e. The number of amides is 1. The van der Waals surface area contributed by atoms with Gasteiger partial charge in [0.1, 0.15) is 0 Å². The molecule has 1 aromatic rings. The smallest absolute Gasteiger partial charge is 0.237 e. The van der Waals surface area contributed by atoms with E-state index >= 15 is 0 Å². The summed E-state index contributed by atoms with van der Waals surface area (Å²) < 4.78 is 5.33. The molecule has 1 heterocycles. The summed E-state index contributed by atoms with van der Waals surface area (Å²) in [6.45, 7) is 8.26. The van der Waals surface area contributed by atoms with E-state index < -0.39 is 6.04 Å². The minimum absolute atomic E-state index is 0.0656. The van der Waals surface area contributed by atoms with Gasteiger partial charge in [0.25, 0.3) is 0 Å². The molecule has 2 rings (SSSR count). The highest BCUT2D eigenvalue weighted by Crippen LogP contribution is 2.18. The number of rotatable bonds is 7. The Bertz CT molecular complexity index is 513. The van der Waals surface area contributed by atoms with Crippen LogP contribution in [-0.2, 0) is 9.53 Å². The molecule has 1 aliphatic rings. The largest absolute Gasteiger partial charge is 0.381 e. The van der Waals surface area contributed by atoms with Crippen molar-refractivity contribution in [1.29, 1.82) is 0 Å². The number of carbonyl (C=O) groups excluding carboxylic acids is 1. The molecule has 1 aliphatic heterocycles. The highest BCUT2D eigenvalue weighted by molar-refractivity contribution is 5.81. The summed E-state index contributed by atoms with van der Waals surface area (Å²) in [4.78, 5) is 12.3. The summed E-state index contributed by atoms with van der Waals surface area (Å²) >= 11 is 0. The molecule has 4 N–H and O–H groups in total. The first-order valence-electron chi connectivity index (χ1n) is 8.83. The summed E-state index contributed by atoms with van der Waals surface area (Å²) in [5.41, 5.74) is 7.14. The summed E-state index contributed by atoms with van der Waals surface area (Å²) in [7, 11) is 0. The van der Waals surface area contributed by atoms with Crippen LogP contribution in [0.1, 0.15) is 45.2 Å². The number of nitrogens with one attached hydrogen (secondary N) is 2. The number of ether oxygens (including phenoxy) is 1. The van der Waals surface area contributed by atoms with Crippen LogP contribution in [-0.4, -0.2) is 37.2 Å². The second-order valence-corrected chi connectivity index (χ2v) is 7.35. The minimum atomic E-state index is -0.448. The van der Waals surface area contributed by atoms with Crippen molar-refractivity contribution in [2.45, 2.75) is 51.2 Å². The molecule has 1 saturated heterocycles. The number of hydrogen-bond donors (Lipinski definition) is 3. The molecule has 134 valence electrons. The lowest BCUT2D eigenvalue weighted by atomic mass is 9.91. The van der Waals surface area contributed by atoms with Crippen LogP contribution in [0.4, 0.5) is 0 Å². The quantitative estimate of drug-likeness (QED) is 0.713. The highest BCUT2D eigenvalue weighted by atomic mass is 16.5. The van der Waals surface area contributed by atoms with Gasteiger partial charge in [0, 0.05) is 31.3 Å². The van der Waals surface area contributed by atoms with Crippen LogP contribution >= 0.6 is 0 Å². The third kappa shape index (κ3) is 5.58. The second-order valence-electron chi connectivity index (χ2n) is 7.35. The van der Waals surface area contributed by atoms with Gasteiger partial charge in [-0.25, -0.2) is 0 Å². The van der Waals surface area contributed by atoms with Crippen LogP contribution in [0, 0.1) is 5.92 Å². The van der Waals surface area contributed by atoms with Crippen molar-refractivity contribution in [3.8, 4) is 0 Å². The van der Waals surface area contributed by atoms with E-state index in [0.29, 0.717) is 19.8 Å². The van der Waals surface area contributed by atoms with Gasteiger partial charge in [-0.05, 0) is 45.1 Å². The Morgan fingerprint density at radius 3 is 2.54 bits per heavy atom. The molecular formula is C19H31N3O2. The molecule has 5 nitrogen and oxygen atoms in total. The molecule has 1 fully saturated rings. The van der Waals surface area contributed by atoms with Crippen LogP contribution < -0.4 is 16.4 Å². The fourth-order valence-corrected chi connectivity index (χ4v) is 3.18. The van der Waals surface area contributed by atoms with Crippen molar-refractivity contribution in [2.75, 3.05) is 19.8 Å². The van der Waals surface area contributed by atoms with Crippen LogP contribution in [0.25, 0.3) is 0 Å². The average Bonchev–Trinajstić information content (AvgIpc) is 2.60. The fraction of sp³-hybridized carbons (Fsp3) is 0.632. The molecule has 0 saturated carbocycles. The normalized spacial score (nSPS) is 18.8. The van der Waals surface area contributed by atoms with Crippen LogP contribution in [0.5, 0.6) is 0 Å². The van der Waals surface area contributed by atoms with E-state index in [1.54, 1.807) is 0 Å². The summed E-state index contributed by atoms with van der Waals surface area (Å²) in [5, 5.41) is 6.58. The maximum absolute atomic E-state index is 12.3. The SMILES string of the molecule is CC(NC(C)(C)CNC(=O)C(N)C1CCOCC1)c1ccccc1. The second kappa shape index (κ2) is 8.60. The predicted octanol–water partition coefficient (Wildman–Crippen LogP) is 1.99. The van der Waals surface area contributed by atoms with Gasteiger partial charge < -0.3 is 21.1 Å². The van der Waals surface area contributed by atoms with E-state index in [4.69, 9.17) is 10.5 Å². The lowest BCUT2D eigenvalue weighted by Crippen LogP contribution is -2.54. The topological polar surface area (TPSA) is 76.4 Å². The highest BCUT2D eigenvalue weighted by Gasteiger charge is 2.28. The van der Waals surface area contributed by atoms with E-state index in [1.165, 1.54) is 5.56 Å². The van der Waals surface area contributed by atoms with E-state index in [2.05, 4.69) is 43.5 Å². The maximum atomic E-state index is 12.3. The van der Waals surface area contributed by atoms with Gasteiger partial charge in [-0.1, -0.05) is 30.3 Å². The van der Waals surface area contributed by atoms with Gasteiger partial charge in [0.15, 0.2) is 0 Å². The summed E-state index contributed by atoms with van der Waals surface area (Å²) in [6, 6.07) is 10.1. The van der Waals surface area contributed by atoms with Crippen molar-refractivity contribution in [2.24, 2.45) is 11.7 Å². The van der Waals surface area contributed by atoms with Gasteiger partial charge in [-0.3, -0.25) is 4.79 Å². The molecule has 24 heavy (non-hydrogen) atoms. The Morgan fingerprint density at radius 1 is 1.29 bits per heavy atom. The van der Waals surface area contributed by atoms with Crippen LogP contribution in [0.3, 0.4) is 0 Å². The first-order valence-corrected chi connectivity index (χ1v) is 8.83. The van der Waals surface area contributed by atoms with Crippen molar-refractivity contribution < 1.29 is 9.53 Å². The molecule has 2 atom stereocenters. The first kappa shape index (κ1) is 18.9. The van der Waals surface area contributed by atoms with Gasteiger partial charge >= 0.3 is 0 Å². The molecule has 2 unspecified atom stereocenters. The zero-order chi connectivity index (χ0) is 17.6. The molecule has 0 radical (unpaired) electrons. The lowest BCUT2D eigenvalue weighted by molar-refractivity contribution is -0.124. The fourth-order valence-electron chi connectivity index (χ4n) is 3.18. The zero-order valence-corrected chi connectivity index (χ0v) is 15.0. The van der Waals surface area contributed by atoms with Crippen molar-refractivity contribution in [1.82, 2.24) is 10.6 Å². The third-order valence-corrected chi connectivity index (χ3v) is 4.69. The molecule has 0 aromatic heterocycles. The van der Waals surface area contributed by atoms with E-state index in [9.17, 15) is 4.79 Å². The number of carbonyl (C=O) groups is 1. The summed E-state index contributed by atoms with van der Waals surface area (Å²) in [6.07, 6.45) is 1.72. The van der Waals surface area contributed by atoms with E-state index in [1.807, 2.05) is 18.2 Å². The monoisotopic (exact) mass is 333 g/mol.